The molecule has 0 atom stereocenters. The molecule has 0 spiro atoms. The second kappa shape index (κ2) is 6.20. The van der Waals surface area contributed by atoms with Crippen molar-refractivity contribution in [2.45, 2.75) is 33.3 Å². The zero-order valence-corrected chi connectivity index (χ0v) is 13.2. The number of ether oxygens (including phenoxy) is 2. The molecule has 0 saturated heterocycles. The summed E-state index contributed by atoms with van der Waals surface area (Å²) in [6.45, 7) is 7.19. The summed E-state index contributed by atoms with van der Waals surface area (Å²) in [6, 6.07) is 12.3. The van der Waals surface area contributed by atoms with Crippen LogP contribution in [0.15, 0.2) is 42.5 Å². The van der Waals surface area contributed by atoms with Crippen molar-refractivity contribution in [3.8, 4) is 11.5 Å². The van der Waals surface area contributed by atoms with Crippen LogP contribution >= 0.6 is 0 Å². The average Bonchev–Trinajstić information content (AvgIpc) is 2.36. The summed E-state index contributed by atoms with van der Waals surface area (Å²) in [6.07, 6.45) is -0.808. The van der Waals surface area contributed by atoms with Gasteiger partial charge in [-0.2, -0.15) is 0 Å². The molecule has 4 nitrogen and oxygen atoms in total. The Morgan fingerprint density at radius 2 is 1.55 bits per heavy atom. The van der Waals surface area contributed by atoms with Crippen molar-refractivity contribution in [3.63, 3.8) is 0 Å². The van der Waals surface area contributed by atoms with E-state index in [1.807, 2.05) is 19.9 Å². The van der Waals surface area contributed by atoms with Gasteiger partial charge in [0.2, 0.25) is 0 Å². The van der Waals surface area contributed by atoms with Crippen molar-refractivity contribution in [2.75, 3.05) is 0 Å². The van der Waals surface area contributed by atoms with Gasteiger partial charge < -0.3 is 14.6 Å². The molecule has 0 amide bonds. The molecule has 4 heteroatoms. The highest BCUT2D eigenvalue weighted by atomic mass is 16.7. The number of carbonyl (C=O) groups excluding carboxylic acids is 1. The molecular formula is C18H20O4. The summed E-state index contributed by atoms with van der Waals surface area (Å²) in [7, 11) is 0. The van der Waals surface area contributed by atoms with E-state index in [4.69, 9.17) is 9.47 Å². The zero-order valence-electron chi connectivity index (χ0n) is 13.2. The summed E-state index contributed by atoms with van der Waals surface area (Å²) < 4.78 is 10.3. The van der Waals surface area contributed by atoms with Crippen LogP contribution in [0.25, 0.3) is 0 Å². The highest BCUT2D eigenvalue weighted by molar-refractivity contribution is 5.67. The largest absolute Gasteiger partial charge is 0.519 e. The molecular weight excluding hydrogens is 280 g/mol. The number of carbonyl (C=O) groups is 1. The Kier molecular flexibility index (Phi) is 4.52. The highest BCUT2D eigenvalue weighted by Gasteiger charge is 2.17. The first-order chi connectivity index (χ1) is 10.2. The van der Waals surface area contributed by atoms with Crippen molar-refractivity contribution < 1.29 is 19.4 Å². The van der Waals surface area contributed by atoms with Crippen LogP contribution in [-0.2, 0) is 5.60 Å². The molecule has 0 aromatic heterocycles. The molecule has 0 unspecified atom stereocenters. The molecule has 22 heavy (non-hydrogen) atoms. The monoisotopic (exact) mass is 300 g/mol. The fraction of sp³-hybridized carbons (Fsp3) is 0.278. The van der Waals surface area contributed by atoms with Gasteiger partial charge in [0, 0.05) is 0 Å². The lowest BCUT2D eigenvalue weighted by Crippen LogP contribution is -2.17. The van der Waals surface area contributed by atoms with Gasteiger partial charge in [0.1, 0.15) is 11.5 Å². The number of hydrogen-bond acceptors (Lipinski definition) is 4. The van der Waals surface area contributed by atoms with Gasteiger partial charge in [0.15, 0.2) is 0 Å². The molecule has 0 fully saturated rings. The average molecular weight is 300 g/mol. The first-order valence-corrected chi connectivity index (χ1v) is 7.05. The van der Waals surface area contributed by atoms with Gasteiger partial charge in [-0.05, 0) is 68.7 Å². The maximum Gasteiger partial charge on any atom is 0.519 e. The third-order valence-corrected chi connectivity index (χ3v) is 3.14. The molecule has 0 heterocycles. The van der Waals surface area contributed by atoms with E-state index in [-0.39, 0.29) is 0 Å². The van der Waals surface area contributed by atoms with Crippen LogP contribution in [0.5, 0.6) is 11.5 Å². The number of aryl methyl sites for hydroxylation is 2. The third-order valence-electron chi connectivity index (χ3n) is 3.14. The summed E-state index contributed by atoms with van der Waals surface area (Å²) >= 11 is 0. The number of benzene rings is 2. The number of rotatable bonds is 3. The Morgan fingerprint density at radius 1 is 0.955 bits per heavy atom. The SMILES string of the molecule is Cc1cc(C)cc(OC(=O)Oc2cccc(C(C)(C)O)c2)c1. The van der Waals surface area contributed by atoms with Crippen LogP contribution in [-0.4, -0.2) is 11.3 Å². The smallest absolute Gasteiger partial charge is 0.395 e. The first kappa shape index (κ1) is 16.0. The van der Waals surface area contributed by atoms with Gasteiger partial charge in [-0.1, -0.05) is 18.2 Å². The zero-order chi connectivity index (χ0) is 16.3. The maximum absolute atomic E-state index is 11.9. The van der Waals surface area contributed by atoms with Crippen LogP contribution < -0.4 is 9.47 Å². The Hall–Kier alpha value is -2.33. The van der Waals surface area contributed by atoms with Gasteiger partial charge >= 0.3 is 6.16 Å². The van der Waals surface area contributed by atoms with Crippen molar-refractivity contribution >= 4 is 6.16 Å². The minimum atomic E-state index is -1.00. The lowest BCUT2D eigenvalue weighted by Gasteiger charge is -2.18. The predicted molar refractivity (Wildman–Crippen MR) is 84.3 cm³/mol. The Labute approximate surface area is 130 Å². The van der Waals surface area contributed by atoms with E-state index in [1.54, 1.807) is 50.2 Å². The molecule has 116 valence electrons. The van der Waals surface area contributed by atoms with Crippen LogP contribution in [0.2, 0.25) is 0 Å². The molecule has 2 aromatic rings. The summed E-state index contributed by atoms with van der Waals surface area (Å²) in [4.78, 5) is 11.9. The van der Waals surface area contributed by atoms with E-state index in [2.05, 4.69) is 0 Å². The van der Waals surface area contributed by atoms with E-state index in [0.29, 0.717) is 17.1 Å². The van der Waals surface area contributed by atoms with Crippen LogP contribution in [0.3, 0.4) is 0 Å². The van der Waals surface area contributed by atoms with Gasteiger partial charge in [-0.3, -0.25) is 0 Å². The molecule has 2 rings (SSSR count). The first-order valence-electron chi connectivity index (χ1n) is 7.05. The second-order valence-electron chi connectivity index (χ2n) is 5.86. The van der Waals surface area contributed by atoms with Gasteiger partial charge in [0.05, 0.1) is 5.60 Å². The number of hydrogen-bond donors (Lipinski definition) is 1. The molecule has 0 radical (unpaired) electrons. The molecule has 1 N–H and O–H groups in total. The van der Waals surface area contributed by atoms with Gasteiger partial charge in [-0.25, -0.2) is 4.79 Å². The van der Waals surface area contributed by atoms with Crippen molar-refractivity contribution in [1.29, 1.82) is 0 Å². The normalized spacial score (nSPS) is 11.1. The van der Waals surface area contributed by atoms with E-state index in [9.17, 15) is 9.90 Å². The van der Waals surface area contributed by atoms with Gasteiger partial charge in [-0.15, -0.1) is 0 Å². The van der Waals surface area contributed by atoms with E-state index in [0.717, 1.165) is 11.1 Å². The molecule has 0 saturated carbocycles. The minimum Gasteiger partial charge on any atom is -0.395 e. The van der Waals surface area contributed by atoms with Crippen LogP contribution in [0, 0.1) is 13.8 Å². The van der Waals surface area contributed by atoms with E-state index in [1.165, 1.54) is 0 Å². The summed E-state index contributed by atoms with van der Waals surface area (Å²) in [5.41, 5.74) is 1.67. The lowest BCUT2D eigenvalue weighted by molar-refractivity contribution is 0.0781. The standard InChI is InChI=1S/C18H20O4/c1-12-8-13(2)10-16(9-12)22-17(19)21-15-7-5-6-14(11-15)18(3,4)20/h5-11,20H,1-4H3. The fourth-order valence-electron chi connectivity index (χ4n) is 2.15. The minimum absolute atomic E-state index is 0.328. The quantitative estimate of drug-likeness (QED) is 0.684. The summed E-state index contributed by atoms with van der Waals surface area (Å²) in [5.74, 6) is 0.773. The Bertz CT molecular complexity index is 663. The Morgan fingerprint density at radius 3 is 2.14 bits per heavy atom. The third kappa shape index (κ3) is 4.33. The fourth-order valence-corrected chi connectivity index (χ4v) is 2.15. The number of aliphatic hydroxyl groups is 1. The van der Waals surface area contributed by atoms with E-state index >= 15 is 0 Å². The van der Waals surface area contributed by atoms with Crippen molar-refractivity contribution in [3.05, 3.63) is 59.2 Å². The maximum atomic E-state index is 11.9. The molecule has 0 aliphatic carbocycles. The molecule has 0 aliphatic heterocycles. The van der Waals surface area contributed by atoms with Crippen molar-refractivity contribution in [2.24, 2.45) is 0 Å². The Balaban J connectivity index is 2.09. The molecule has 2 aromatic carbocycles. The van der Waals surface area contributed by atoms with E-state index < -0.39 is 11.8 Å². The topological polar surface area (TPSA) is 55.8 Å². The second-order valence-corrected chi connectivity index (χ2v) is 5.86. The van der Waals surface area contributed by atoms with Gasteiger partial charge in [0.25, 0.3) is 0 Å². The summed E-state index contributed by atoms with van der Waals surface area (Å²) in [5, 5.41) is 9.97. The highest BCUT2D eigenvalue weighted by Crippen LogP contribution is 2.24. The molecule has 0 bridgehead atoms. The van der Waals surface area contributed by atoms with Crippen LogP contribution in [0.1, 0.15) is 30.5 Å². The van der Waals surface area contributed by atoms with Crippen LogP contribution in [0.4, 0.5) is 4.79 Å². The predicted octanol–water partition coefficient (Wildman–Crippen LogP) is 4.11. The molecule has 0 aliphatic rings. The van der Waals surface area contributed by atoms with Crippen molar-refractivity contribution in [1.82, 2.24) is 0 Å². The lowest BCUT2D eigenvalue weighted by atomic mass is 9.98.